The highest BCUT2D eigenvalue weighted by Gasteiger charge is 2.10. The van der Waals surface area contributed by atoms with Crippen LogP contribution in [-0.4, -0.2) is 14.7 Å². The van der Waals surface area contributed by atoms with Crippen LogP contribution in [0, 0.1) is 13.8 Å². The fourth-order valence-electron chi connectivity index (χ4n) is 1.43. The van der Waals surface area contributed by atoms with Gasteiger partial charge < -0.3 is 4.52 Å². The highest BCUT2D eigenvalue weighted by atomic mass is 79.9. The highest BCUT2D eigenvalue weighted by Crippen LogP contribution is 2.13. The molecule has 0 aromatic carbocycles. The van der Waals surface area contributed by atoms with E-state index in [1.807, 2.05) is 13.8 Å². The smallest absolute Gasteiger partial charge is 0.267 e. The van der Waals surface area contributed by atoms with Crippen molar-refractivity contribution in [1.29, 1.82) is 0 Å². The minimum atomic E-state index is -0.116. The Balaban J connectivity index is 2.42. The number of halogens is 1. The molecule has 0 fully saturated rings. The third-order valence-electron chi connectivity index (χ3n) is 2.37. The fraction of sp³-hybridized carbons (Fsp3) is 0.300. The average molecular weight is 284 g/mol. The van der Waals surface area contributed by atoms with Crippen molar-refractivity contribution in [2.75, 3.05) is 0 Å². The summed E-state index contributed by atoms with van der Waals surface area (Å²) >= 11 is 3.15. The molecule has 2 rings (SSSR count). The molecule has 16 heavy (non-hydrogen) atoms. The SMILES string of the molecule is Cc1noc(C)c1Cn1cncc(Br)c1=O. The predicted molar refractivity (Wildman–Crippen MR) is 61.3 cm³/mol. The van der Waals surface area contributed by atoms with Crippen molar-refractivity contribution in [3.63, 3.8) is 0 Å². The summed E-state index contributed by atoms with van der Waals surface area (Å²) in [6, 6.07) is 0. The monoisotopic (exact) mass is 283 g/mol. The van der Waals surface area contributed by atoms with E-state index in [0.717, 1.165) is 17.0 Å². The van der Waals surface area contributed by atoms with Crippen molar-refractivity contribution in [3.05, 3.63) is 44.4 Å². The minimum Gasteiger partial charge on any atom is -0.361 e. The Morgan fingerprint density at radius 3 is 2.88 bits per heavy atom. The lowest BCUT2D eigenvalue weighted by molar-refractivity contribution is 0.392. The zero-order chi connectivity index (χ0) is 11.7. The summed E-state index contributed by atoms with van der Waals surface area (Å²) in [5.74, 6) is 0.726. The van der Waals surface area contributed by atoms with Crippen LogP contribution in [0.3, 0.4) is 0 Å². The van der Waals surface area contributed by atoms with Gasteiger partial charge in [-0.2, -0.15) is 0 Å². The van der Waals surface area contributed by atoms with E-state index in [1.54, 1.807) is 0 Å². The van der Waals surface area contributed by atoms with E-state index in [2.05, 4.69) is 26.1 Å². The molecule has 2 aromatic rings. The summed E-state index contributed by atoms with van der Waals surface area (Å²) in [7, 11) is 0. The van der Waals surface area contributed by atoms with Gasteiger partial charge in [0, 0.05) is 11.8 Å². The Kier molecular flexibility index (Phi) is 2.91. The molecule has 0 radical (unpaired) electrons. The van der Waals surface area contributed by atoms with E-state index in [-0.39, 0.29) is 5.56 Å². The van der Waals surface area contributed by atoms with Crippen molar-refractivity contribution < 1.29 is 4.52 Å². The molecule has 84 valence electrons. The van der Waals surface area contributed by atoms with Gasteiger partial charge in [-0.15, -0.1) is 0 Å². The molecule has 0 amide bonds. The molecule has 0 unspecified atom stereocenters. The van der Waals surface area contributed by atoms with Gasteiger partial charge in [0.25, 0.3) is 5.56 Å². The molecule has 2 heterocycles. The topological polar surface area (TPSA) is 60.9 Å². The van der Waals surface area contributed by atoms with Gasteiger partial charge in [0.1, 0.15) is 10.2 Å². The van der Waals surface area contributed by atoms with Crippen LogP contribution in [-0.2, 0) is 6.54 Å². The van der Waals surface area contributed by atoms with Gasteiger partial charge in [-0.25, -0.2) is 4.98 Å². The third kappa shape index (κ3) is 1.92. The van der Waals surface area contributed by atoms with Crippen molar-refractivity contribution in [3.8, 4) is 0 Å². The molecule has 0 aliphatic rings. The van der Waals surface area contributed by atoms with Crippen LogP contribution in [0.4, 0.5) is 0 Å². The van der Waals surface area contributed by atoms with Crippen molar-refractivity contribution in [2.45, 2.75) is 20.4 Å². The number of hydrogen-bond acceptors (Lipinski definition) is 4. The predicted octanol–water partition coefficient (Wildman–Crippen LogP) is 1.66. The van der Waals surface area contributed by atoms with Gasteiger partial charge in [-0.3, -0.25) is 9.36 Å². The normalized spacial score (nSPS) is 10.7. The molecular formula is C10H10BrN3O2. The highest BCUT2D eigenvalue weighted by molar-refractivity contribution is 9.10. The van der Waals surface area contributed by atoms with Crippen molar-refractivity contribution in [2.24, 2.45) is 0 Å². The van der Waals surface area contributed by atoms with E-state index >= 15 is 0 Å². The minimum absolute atomic E-state index is 0.116. The number of aryl methyl sites for hydroxylation is 2. The summed E-state index contributed by atoms with van der Waals surface area (Å²) in [6.45, 7) is 4.10. The van der Waals surface area contributed by atoms with Gasteiger partial charge in [0.15, 0.2) is 0 Å². The van der Waals surface area contributed by atoms with E-state index in [9.17, 15) is 4.79 Å². The Morgan fingerprint density at radius 2 is 2.25 bits per heavy atom. The van der Waals surface area contributed by atoms with E-state index in [1.165, 1.54) is 17.1 Å². The molecule has 0 bridgehead atoms. The lowest BCUT2D eigenvalue weighted by Gasteiger charge is -2.04. The average Bonchev–Trinajstić information content (AvgIpc) is 2.56. The van der Waals surface area contributed by atoms with E-state index < -0.39 is 0 Å². The van der Waals surface area contributed by atoms with Crippen LogP contribution in [0.1, 0.15) is 17.0 Å². The Labute approximate surface area is 100 Å². The molecule has 0 atom stereocenters. The summed E-state index contributed by atoms with van der Waals surface area (Å²) in [5, 5.41) is 3.84. The molecule has 0 spiro atoms. The largest absolute Gasteiger partial charge is 0.361 e. The Hall–Kier alpha value is -1.43. The first-order valence-corrected chi connectivity index (χ1v) is 5.50. The van der Waals surface area contributed by atoms with Gasteiger partial charge in [-0.05, 0) is 29.8 Å². The quantitative estimate of drug-likeness (QED) is 0.841. The van der Waals surface area contributed by atoms with Gasteiger partial charge in [0.05, 0.1) is 18.6 Å². The molecule has 0 N–H and O–H groups in total. The van der Waals surface area contributed by atoms with Crippen molar-refractivity contribution in [1.82, 2.24) is 14.7 Å². The summed E-state index contributed by atoms with van der Waals surface area (Å²) in [6.07, 6.45) is 2.98. The summed E-state index contributed by atoms with van der Waals surface area (Å²) in [5.41, 5.74) is 1.60. The zero-order valence-electron chi connectivity index (χ0n) is 8.90. The van der Waals surface area contributed by atoms with Crippen LogP contribution in [0.15, 0.2) is 26.3 Å². The molecule has 6 heteroatoms. The number of aromatic nitrogens is 3. The molecule has 5 nitrogen and oxygen atoms in total. The standard InChI is InChI=1S/C10H10BrN3O2/c1-6-8(7(2)16-13-6)4-14-5-12-3-9(11)10(14)15/h3,5H,4H2,1-2H3. The number of nitrogens with zero attached hydrogens (tertiary/aromatic N) is 3. The molecule has 0 saturated carbocycles. The van der Waals surface area contributed by atoms with E-state index in [0.29, 0.717) is 11.0 Å². The number of rotatable bonds is 2. The first kappa shape index (κ1) is 11.1. The zero-order valence-corrected chi connectivity index (χ0v) is 10.5. The summed E-state index contributed by atoms with van der Waals surface area (Å²) < 4.78 is 7.00. The molecule has 0 aliphatic heterocycles. The second-order valence-electron chi connectivity index (χ2n) is 3.48. The molecule has 2 aromatic heterocycles. The second-order valence-corrected chi connectivity index (χ2v) is 4.33. The first-order chi connectivity index (χ1) is 7.59. The Morgan fingerprint density at radius 1 is 1.50 bits per heavy atom. The van der Waals surface area contributed by atoms with Crippen LogP contribution >= 0.6 is 15.9 Å². The van der Waals surface area contributed by atoms with E-state index in [4.69, 9.17) is 4.52 Å². The molecule has 0 aliphatic carbocycles. The fourth-order valence-corrected chi connectivity index (χ4v) is 1.78. The summed E-state index contributed by atoms with van der Waals surface area (Å²) in [4.78, 5) is 15.7. The van der Waals surface area contributed by atoms with Crippen molar-refractivity contribution >= 4 is 15.9 Å². The maximum absolute atomic E-state index is 11.7. The second kappa shape index (κ2) is 4.21. The first-order valence-electron chi connectivity index (χ1n) is 4.71. The lowest BCUT2D eigenvalue weighted by Crippen LogP contribution is -2.21. The van der Waals surface area contributed by atoms with Crippen LogP contribution in [0.2, 0.25) is 0 Å². The lowest BCUT2D eigenvalue weighted by atomic mass is 10.2. The maximum Gasteiger partial charge on any atom is 0.267 e. The van der Waals surface area contributed by atoms with Crippen LogP contribution < -0.4 is 5.56 Å². The van der Waals surface area contributed by atoms with Crippen LogP contribution in [0.5, 0.6) is 0 Å². The molecular weight excluding hydrogens is 274 g/mol. The van der Waals surface area contributed by atoms with Gasteiger partial charge in [0.2, 0.25) is 0 Å². The van der Waals surface area contributed by atoms with Crippen LogP contribution in [0.25, 0.3) is 0 Å². The third-order valence-corrected chi connectivity index (χ3v) is 2.91. The Bertz CT molecular complexity index is 554. The van der Waals surface area contributed by atoms with Gasteiger partial charge in [-0.1, -0.05) is 5.16 Å². The number of hydrogen-bond donors (Lipinski definition) is 0. The maximum atomic E-state index is 11.7. The molecule has 0 saturated heterocycles. The van der Waals surface area contributed by atoms with Gasteiger partial charge >= 0.3 is 0 Å².